The Bertz CT molecular complexity index is 416. The van der Waals surface area contributed by atoms with Crippen LogP contribution in [0.1, 0.15) is 22.8 Å². The zero-order valence-electron chi connectivity index (χ0n) is 9.95. The molecule has 3 nitrogen and oxygen atoms in total. The number of hydrogen-bond donors (Lipinski definition) is 0. The number of benzene rings is 1. The van der Waals surface area contributed by atoms with Crippen LogP contribution in [0, 0.1) is 0 Å². The molecule has 0 fully saturated rings. The van der Waals surface area contributed by atoms with Crippen LogP contribution in [0.25, 0.3) is 0 Å². The van der Waals surface area contributed by atoms with Gasteiger partial charge in [-0.05, 0) is 25.1 Å². The maximum Gasteiger partial charge on any atom is 0.414 e. The van der Waals surface area contributed by atoms with Gasteiger partial charge in [0.2, 0.25) is 0 Å². The van der Waals surface area contributed by atoms with E-state index in [4.69, 9.17) is 9.47 Å². The van der Waals surface area contributed by atoms with Crippen LogP contribution in [0.5, 0.6) is 5.75 Å². The lowest BCUT2D eigenvalue weighted by molar-refractivity contribution is -0.217. The van der Waals surface area contributed by atoms with Crippen molar-refractivity contribution in [2.75, 3.05) is 7.11 Å². The first-order valence-electron chi connectivity index (χ1n) is 5.19. The molecule has 0 aromatic heterocycles. The molecule has 1 aromatic carbocycles. The minimum atomic E-state index is -4.41. The molecule has 0 N–H and O–H groups in total. The summed E-state index contributed by atoms with van der Waals surface area (Å²) in [4.78, 5) is 10.6. The molecule has 0 amide bonds. The largest absolute Gasteiger partial charge is 0.496 e. The van der Waals surface area contributed by atoms with Gasteiger partial charge >= 0.3 is 6.18 Å². The fraction of sp³-hybridized carbons (Fsp3) is 0.417. The highest BCUT2D eigenvalue weighted by molar-refractivity contribution is 5.75. The molecular formula is C12H13F3O3. The van der Waals surface area contributed by atoms with Crippen LogP contribution < -0.4 is 4.74 Å². The zero-order chi connectivity index (χ0) is 13.8. The van der Waals surface area contributed by atoms with Gasteiger partial charge < -0.3 is 9.47 Å². The van der Waals surface area contributed by atoms with Gasteiger partial charge in [-0.1, -0.05) is 0 Å². The molecule has 1 rings (SSSR count). The Morgan fingerprint density at radius 3 is 2.56 bits per heavy atom. The summed E-state index contributed by atoms with van der Waals surface area (Å²) in [6.07, 6.45) is -5.67. The van der Waals surface area contributed by atoms with E-state index in [1.165, 1.54) is 25.3 Å². The maximum atomic E-state index is 12.3. The molecule has 0 bridgehead atoms. The van der Waals surface area contributed by atoms with Gasteiger partial charge in [0.1, 0.15) is 12.0 Å². The van der Waals surface area contributed by atoms with Gasteiger partial charge in [-0.25, -0.2) is 0 Å². The first-order chi connectivity index (χ1) is 8.38. The van der Waals surface area contributed by atoms with Gasteiger partial charge in [-0.15, -0.1) is 0 Å². The minimum Gasteiger partial charge on any atom is -0.496 e. The molecule has 100 valence electrons. The molecule has 18 heavy (non-hydrogen) atoms. The van der Waals surface area contributed by atoms with E-state index in [-0.39, 0.29) is 6.61 Å². The van der Waals surface area contributed by atoms with Crippen molar-refractivity contribution >= 4 is 6.29 Å². The van der Waals surface area contributed by atoms with Gasteiger partial charge in [0.05, 0.1) is 13.7 Å². The molecule has 6 heteroatoms. The van der Waals surface area contributed by atoms with Crippen molar-refractivity contribution in [3.63, 3.8) is 0 Å². The number of aldehydes is 1. The third kappa shape index (κ3) is 3.73. The number of rotatable bonds is 5. The zero-order valence-corrected chi connectivity index (χ0v) is 9.95. The van der Waals surface area contributed by atoms with Gasteiger partial charge in [0, 0.05) is 11.1 Å². The summed E-state index contributed by atoms with van der Waals surface area (Å²) in [6.45, 7) is 0.654. The molecular weight excluding hydrogens is 249 g/mol. The number of ether oxygens (including phenoxy) is 2. The van der Waals surface area contributed by atoms with Crippen LogP contribution in [0.4, 0.5) is 13.2 Å². The second-order valence-electron chi connectivity index (χ2n) is 3.68. The van der Waals surface area contributed by atoms with E-state index >= 15 is 0 Å². The first kappa shape index (κ1) is 14.5. The van der Waals surface area contributed by atoms with Gasteiger partial charge in [0.15, 0.2) is 6.10 Å². The van der Waals surface area contributed by atoms with E-state index in [2.05, 4.69) is 0 Å². The van der Waals surface area contributed by atoms with E-state index in [1.807, 2.05) is 0 Å². The van der Waals surface area contributed by atoms with Crippen LogP contribution in [0.3, 0.4) is 0 Å². The molecule has 0 aliphatic heterocycles. The summed E-state index contributed by atoms with van der Waals surface area (Å²) in [5, 5.41) is 0. The fourth-order valence-corrected chi connectivity index (χ4v) is 1.29. The molecule has 0 spiro atoms. The Morgan fingerprint density at radius 2 is 2.06 bits per heavy atom. The molecule has 0 radical (unpaired) electrons. The molecule has 0 aliphatic carbocycles. The third-order valence-electron chi connectivity index (χ3n) is 2.39. The summed E-state index contributed by atoms with van der Waals surface area (Å²) >= 11 is 0. The SMILES string of the molecule is COc1ccc(C=O)cc1COC(C)C(F)(F)F. The van der Waals surface area contributed by atoms with Crippen molar-refractivity contribution in [2.24, 2.45) is 0 Å². The van der Waals surface area contributed by atoms with Crippen LogP contribution in [0.2, 0.25) is 0 Å². The molecule has 1 unspecified atom stereocenters. The summed E-state index contributed by atoms with van der Waals surface area (Å²) in [7, 11) is 1.40. The summed E-state index contributed by atoms with van der Waals surface area (Å²) in [5.74, 6) is 0.384. The molecule has 0 heterocycles. The van der Waals surface area contributed by atoms with E-state index in [1.54, 1.807) is 0 Å². The van der Waals surface area contributed by atoms with Crippen LogP contribution >= 0.6 is 0 Å². The number of halogens is 3. The molecule has 0 saturated carbocycles. The van der Waals surface area contributed by atoms with E-state index < -0.39 is 12.3 Å². The number of carbonyl (C=O) groups is 1. The lowest BCUT2D eigenvalue weighted by Crippen LogP contribution is -2.28. The Hall–Kier alpha value is -1.56. The van der Waals surface area contributed by atoms with Crippen molar-refractivity contribution < 1.29 is 27.4 Å². The van der Waals surface area contributed by atoms with Gasteiger partial charge in [0.25, 0.3) is 0 Å². The highest BCUT2D eigenvalue weighted by Gasteiger charge is 2.36. The van der Waals surface area contributed by atoms with Gasteiger partial charge in [-0.3, -0.25) is 4.79 Å². The van der Waals surface area contributed by atoms with Crippen molar-refractivity contribution in [3.05, 3.63) is 29.3 Å². The van der Waals surface area contributed by atoms with Gasteiger partial charge in [-0.2, -0.15) is 13.2 Å². The predicted molar refractivity (Wildman–Crippen MR) is 58.7 cm³/mol. The highest BCUT2D eigenvalue weighted by Crippen LogP contribution is 2.26. The molecule has 1 aromatic rings. The number of methoxy groups -OCH3 is 1. The third-order valence-corrected chi connectivity index (χ3v) is 2.39. The van der Waals surface area contributed by atoms with Crippen LogP contribution in [0.15, 0.2) is 18.2 Å². The van der Waals surface area contributed by atoms with Crippen LogP contribution in [-0.4, -0.2) is 25.7 Å². The molecule has 1 atom stereocenters. The monoisotopic (exact) mass is 262 g/mol. The number of hydrogen-bond acceptors (Lipinski definition) is 3. The lowest BCUT2D eigenvalue weighted by Gasteiger charge is -2.17. The van der Waals surface area contributed by atoms with E-state index in [0.29, 0.717) is 23.2 Å². The Morgan fingerprint density at radius 1 is 1.39 bits per heavy atom. The average molecular weight is 262 g/mol. The Balaban J connectivity index is 2.80. The van der Waals surface area contributed by atoms with Crippen molar-refractivity contribution in [2.45, 2.75) is 25.8 Å². The minimum absolute atomic E-state index is 0.272. The second-order valence-corrected chi connectivity index (χ2v) is 3.68. The number of carbonyl (C=O) groups excluding carboxylic acids is 1. The van der Waals surface area contributed by atoms with Crippen molar-refractivity contribution in [1.82, 2.24) is 0 Å². The molecule has 0 aliphatic rings. The van der Waals surface area contributed by atoms with Crippen molar-refractivity contribution in [3.8, 4) is 5.75 Å². The topological polar surface area (TPSA) is 35.5 Å². The van der Waals surface area contributed by atoms with E-state index in [9.17, 15) is 18.0 Å². The van der Waals surface area contributed by atoms with E-state index in [0.717, 1.165) is 6.92 Å². The summed E-state index contributed by atoms with van der Waals surface area (Å²) in [5.41, 5.74) is 0.757. The smallest absolute Gasteiger partial charge is 0.414 e. The average Bonchev–Trinajstić information content (AvgIpc) is 2.34. The summed E-state index contributed by atoms with van der Waals surface area (Å²) < 4.78 is 46.5. The Kier molecular flexibility index (Phi) is 4.72. The Labute approximate surface area is 103 Å². The number of alkyl halides is 3. The highest BCUT2D eigenvalue weighted by atomic mass is 19.4. The molecule has 0 saturated heterocycles. The standard InChI is InChI=1S/C12H13F3O3/c1-8(12(13,14)15)18-7-10-5-9(6-16)3-4-11(10)17-2/h3-6,8H,7H2,1-2H3. The maximum absolute atomic E-state index is 12.3. The van der Waals surface area contributed by atoms with Crippen molar-refractivity contribution in [1.29, 1.82) is 0 Å². The lowest BCUT2D eigenvalue weighted by atomic mass is 10.1. The predicted octanol–water partition coefficient (Wildman–Crippen LogP) is 2.98. The second kappa shape index (κ2) is 5.86. The quantitative estimate of drug-likeness (QED) is 0.765. The summed E-state index contributed by atoms with van der Waals surface area (Å²) in [6, 6.07) is 4.47. The first-order valence-corrected chi connectivity index (χ1v) is 5.19. The van der Waals surface area contributed by atoms with Crippen LogP contribution in [-0.2, 0) is 11.3 Å². The normalized spacial score (nSPS) is 13.2. The fourth-order valence-electron chi connectivity index (χ4n) is 1.29.